The van der Waals surface area contributed by atoms with Crippen LogP contribution in [0.5, 0.6) is 0 Å². The molecule has 128 valence electrons. The Hall–Kier alpha value is -2.83. The van der Waals surface area contributed by atoms with Crippen molar-refractivity contribution >= 4 is 5.95 Å². The highest BCUT2D eigenvalue weighted by molar-refractivity contribution is 5.56. The first-order valence-corrected chi connectivity index (χ1v) is 8.60. The second-order valence-electron chi connectivity index (χ2n) is 6.42. The average Bonchev–Trinajstić information content (AvgIpc) is 3.09. The van der Waals surface area contributed by atoms with Gasteiger partial charge in [0.15, 0.2) is 0 Å². The molecule has 0 bridgehead atoms. The molecule has 3 aromatic rings. The Morgan fingerprint density at radius 3 is 2.48 bits per heavy atom. The molecule has 0 unspecified atom stereocenters. The average molecular weight is 335 g/mol. The van der Waals surface area contributed by atoms with Gasteiger partial charge in [-0.25, -0.2) is 15.0 Å². The lowest BCUT2D eigenvalue weighted by atomic mass is 9.91. The first-order chi connectivity index (χ1) is 12.3. The highest BCUT2D eigenvalue weighted by Crippen LogP contribution is 2.26. The van der Waals surface area contributed by atoms with Gasteiger partial charge in [-0.3, -0.25) is 9.97 Å². The predicted octanol–water partition coefficient (Wildman–Crippen LogP) is 2.13. The van der Waals surface area contributed by atoms with Crippen molar-refractivity contribution < 1.29 is 0 Å². The number of anilines is 1. The number of aryl methyl sites for hydroxylation is 1. The van der Waals surface area contributed by atoms with E-state index in [1.165, 1.54) is 0 Å². The molecule has 0 amide bonds. The minimum absolute atomic E-state index is 0.601. The van der Waals surface area contributed by atoms with Crippen LogP contribution in [0.15, 0.2) is 43.4 Å². The molecule has 4 rings (SSSR count). The highest BCUT2D eigenvalue weighted by Gasteiger charge is 2.23. The number of piperidine rings is 1. The molecule has 1 aliphatic rings. The Bertz CT molecular complexity index is 822. The fraction of sp³-hybridized carbons (Fsp3) is 0.389. The van der Waals surface area contributed by atoms with E-state index in [-0.39, 0.29) is 0 Å². The van der Waals surface area contributed by atoms with E-state index < -0.39 is 0 Å². The summed E-state index contributed by atoms with van der Waals surface area (Å²) in [5, 5.41) is 0. The maximum Gasteiger partial charge on any atom is 0.225 e. The van der Waals surface area contributed by atoms with Gasteiger partial charge in [-0.15, -0.1) is 0 Å². The Morgan fingerprint density at radius 1 is 1.00 bits per heavy atom. The standard InChI is InChI=1S/C18H21N7/c1-24-13-19-12-16(24)17-15(20-7-8-21-17)11-14-3-9-25(10-4-14)18-22-5-2-6-23-18/h2,5-8,12-14H,3-4,9-11H2,1H3. The lowest BCUT2D eigenvalue weighted by molar-refractivity contribution is 0.397. The molecule has 0 spiro atoms. The zero-order valence-corrected chi connectivity index (χ0v) is 14.3. The first kappa shape index (κ1) is 15.7. The van der Waals surface area contributed by atoms with E-state index in [9.17, 15) is 0 Å². The molecular weight excluding hydrogens is 314 g/mol. The fourth-order valence-electron chi connectivity index (χ4n) is 3.38. The van der Waals surface area contributed by atoms with Crippen molar-refractivity contribution in [3.8, 4) is 11.4 Å². The Labute approximate surface area is 146 Å². The van der Waals surface area contributed by atoms with E-state index in [1.54, 1.807) is 31.1 Å². The molecule has 7 nitrogen and oxygen atoms in total. The van der Waals surface area contributed by atoms with Crippen molar-refractivity contribution in [1.29, 1.82) is 0 Å². The van der Waals surface area contributed by atoms with Crippen LogP contribution in [0.3, 0.4) is 0 Å². The maximum atomic E-state index is 4.61. The lowest BCUT2D eigenvalue weighted by Crippen LogP contribution is -2.35. The van der Waals surface area contributed by atoms with Gasteiger partial charge in [0.05, 0.1) is 23.9 Å². The first-order valence-electron chi connectivity index (χ1n) is 8.60. The molecule has 4 heterocycles. The van der Waals surface area contributed by atoms with Crippen molar-refractivity contribution in [2.75, 3.05) is 18.0 Å². The van der Waals surface area contributed by atoms with E-state index in [4.69, 9.17) is 0 Å². The van der Waals surface area contributed by atoms with Gasteiger partial charge in [0.1, 0.15) is 5.69 Å². The smallest absolute Gasteiger partial charge is 0.225 e. The molecule has 1 fully saturated rings. The quantitative estimate of drug-likeness (QED) is 0.727. The molecule has 0 radical (unpaired) electrons. The van der Waals surface area contributed by atoms with Crippen LogP contribution < -0.4 is 4.90 Å². The summed E-state index contributed by atoms with van der Waals surface area (Å²) in [7, 11) is 1.99. The van der Waals surface area contributed by atoms with Crippen LogP contribution >= 0.6 is 0 Å². The maximum absolute atomic E-state index is 4.61. The molecule has 0 aliphatic carbocycles. The van der Waals surface area contributed by atoms with Crippen LogP contribution in [0, 0.1) is 5.92 Å². The molecule has 0 aromatic carbocycles. The molecule has 0 atom stereocenters. The molecule has 7 heteroatoms. The van der Waals surface area contributed by atoms with Gasteiger partial charge >= 0.3 is 0 Å². The van der Waals surface area contributed by atoms with Crippen LogP contribution in [-0.4, -0.2) is 42.6 Å². The van der Waals surface area contributed by atoms with E-state index in [2.05, 4.69) is 29.8 Å². The monoisotopic (exact) mass is 335 g/mol. The number of aromatic nitrogens is 6. The second-order valence-corrected chi connectivity index (χ2v) is 6.42. The molecular formula is C18H21N7. The summed E-state index contributed by atoms with van der Waals surface area (Å²) in [5.41, 5.74) is 3.01. The largest absolute Gasteiger partial charge is 0.341 e. The molecule has 0 saturated carbocycles. The van der Waals surface area contributed by atoms with Crippen LogP contribution in [0.1, 0.15) is 18.5 Å². The summed E-state index contributed by atoms with van der Waals surface area (Å²) < 4.78 is 1.99. The van der Waals surface area contributed by atoms with Crippen LogP contribution in [0.2, 0.25) is 0 Å². The minimum atomic E-state index is 0.601. The number of hydrogen-bond donors (Lipinski definition) is 0. The zero-order chi connectivity index (χ0) is 17.1. The third-order valence-corrected chi connectivity index (χ3v) is 4.76. The summed E-state index contributed by atoms with van der Waals surface area (Å²) in [6.45, 7) is 1.96. The highest BCUT2D eigenvalue weighted by atomic mass is 15.2. The normalized spacial score (nSPS) is 15.5. The molecule has 1 saturated heterocycles. The summed E-state index contributed by atoms with van der Waals surface area (Å²) >= 11 is 0. The molecule has 0 N–H and O–H groups in total. The fourth-order valence-corrected chi connectivity index (χ4v) is 3.38. The zero-order valence-electron chi connectivity index (χ0n) is 14.3. The molecule has 1 aliphatic heterocycles. The number of imidazole rings is 1. The van der Waals surface area contributed by atoms with Crippen LogP contribution in [0.4, 0.5) is 5.95 Å². The Morgan fingerprint density at radius 2 is 1.76 bits per heavy atom. The Balaban J connectivity index is 1.45. The number of nitrogens with zero attached hydrogens (tertiary/aromatic N) is 7. The number of rotatable bonds is 4. The van der Waals surface area contributed by atoms with Gasteiger partial charge in [0, 0.05) is 44.9 Å². The summed E-state index contributed by atoms with van der Waals surface area (Å²) in [4.78, 5) is 24.3. The topological polar surface area (TPSA) is 72.6 Å². The van der Waals surface area contributed by atoms with E-state index >= 15 is 0 Å². The van der Waals surface area contributed by atoms with Crippen molar-refractivity contribution in [3.63, 3.8) is 0 Å². The number of hydrogen-bond acceptors (Lipinski definition) is 6. The van der Waals surface area contributed by atoms with E-state index in [0.29, 0.717) is 5.92 Å². The van der Waals surface area contributed by atoms with Gasteiger partial charge in [-0.2, -0.15) is 0 Å². The third-order valence-electron chi connectivity index (χ3n) is 4.76. The van der Waals surface area contributed by atoms with Gasteiger partial charge in [0.25, 0.3) is 0 Å². The Kier molecular flexibility index (Phi) is 4.37. The summed E-state index contributed by atoms with van der Waals surface area (Å²) in [5.74, 6) is 1.43. The van der Waals surface area contributed by atoms with Crippen molar-refractivity contribution in [3.05, 3.63) is 49.1 Å². The summed E-state index contributed by atoms with van der Waals surface area (Å²) in [6.07, 6.45) is 13.9. The predicted molar refractivity (Wildman–Crippen MR) is 94.9 cm³/mol. The van der Waals surface area contributed by atoms with Crippen molar-refractivity contribution in [1.82, 2.24) is 29.5 Å². The minimum Gasteiger partial charge on any atom is -0.341 e. The third kappa shape index (κ3) is 3.35. The van der Waals surface area contributed by atoms with Crippen molar-refractivity contribution in [2.24, 2.45) is 13.0 Å². The molecule has 3 aromatic heterocycles. The van der Waals surface area contributed by atoms with E-state index in [1.807, 2.05) is 23.9 Å². The van der Waals surface area contributed by atoms with Gasteiger partial charge < -0.3 is 9.47 Å². The van der Waals surface area contributed by atoms with Gasteiger partial charge in [-0.05, 0) is 31.2 Å². The van der Waals surface area contributed by atoms with Crippen LogP contribution in [-0.2, 0) is 13.5 Å². The second kappa shape index (κ2) is 6.96. The van der Waals surface area contributed by atoms with Crippen molar-refractivity contribution in [2.45, 2.75) is 19.3 Å². The van der Waals surface area contributed by atoms with Crippen LogP contribution in [0.25, 0.3) is 11.4 Å². The summed E-state index contributed by atoms with van der Waals surface area (Å²) in [6, 6.07) is 1.85. The van der Waals surface area contributed by atoms with Gasteiger partial charge in [0.2, 0.25) is 5.95 Å². The van der Waals surface area contributed by atoms with Gasteiger partial charge in [-0.1, -0.05) is 0 Å². The molecule has 25 heavy (non-hydrogen) atoms. The van der Waals surface area contributed by atoms with E-state index in [0.717, 1.165) is 55.4 Å². The SMILES string of the molecule is Cn1cncc1-c1nccnc1CC1CCN(c2ncccn2)CC1. The lowest BCUT2D eigenvalue weighted by Gasteiger charge is -2.31.